The van der Waals surface area contributed by atoms with E-state index >= 15 is 0 Å². The van der Waals surface area contributed by atoms with Crippen LogP contribution in [0.5, 0.6) is 0 Å². The highest BCUT2D eigenvalue weighted by atomic mass is 32.3. The van der Waals surface area contributed by atoms with Crippen LogP contribution < -0.4 is 5.73 Å². The smallest absolute Gasteiger partial charge is 0.325 e. The molecule has 0 rings (SSSR count). The van der Waals surface area contributed by atoms with Crippen molar-refractivity contribution in [3.8, 4) is 0 Å². The topological polar surface area (TPSA) is 89.6 Å². The lowest BCUT2D eigenvalue weighted by molar-refractivity contribution is 0.0733. The van der Waals surface area contributed by atoms with Crippen LogP contribution in [0.3, 0.4) is 0 Å². The van der Waals surface area contributed by atoms with E-state index in [9.17, 15) is 8.42 Å². The Morgan fingerprint density at radius 1 is 1.69 bits per heavy atom. The average molecular weight is 209 g/mol. The maximum Gasteiger partial charge on any atom is 0.397 e. The molecule has 0 bridgehead atoms. The summed E-state index contributed by atoms with van der Waals surface area (Å²) in [7, 11) is -4.46. The van der Waals surface area contributed by atoms with Crippen molar-refractivity contribution in [1.82, 2.24) is 0 Å². The molecule has 0 spiro atoms. The minimum atomic E-state index is -4.46. The van der Waals surface area contributed by atoms with Gasteiger partial charge in [0.05, 0.1) is 5.60 Å². The predicted molar refractivity (Wildman–Crippen MR) is 49.5 cm³/mol. The van der Waals surface area contributed by atoms with Crippen LogP contribution in [-0.4, -0.2) is 24.6 Å². The van der Waals surface area contributed by atoms with Gasteiger partial charge in [0.2, 0.25) is 0 Å². The zero-order chi connectivity index (χ0) is 10.7. The van der Waals surface area contributed by atoms with Crippen molar-refractivity contribution >= 4 is 10.4 Å². The summed E-state index contributed by atoms with van der Waals surface area (Å²) >= 11 is 0. The number of rotatable bonds is 5. The third-order valence-corrected chi connectivity index (χ3v) is 2.27. The molecular formula is C7H15NO4S. The van der Waals surface area contributed by atoms with E-state index in [1.54, 1.807) is 6.08 Å². The van der Waals surface area contributed by atoms with Crippen LogP contribution >= 0.6 is 0 Å². The van der Waals surface area contributed by atoms with Gasteiger partial charge in [0.1, 0.15) is 0 Å². The summed E-state index contributed by atoms with van der Waals surface area (Å²) in [6, 6.07) is -0.535. The molecule has 0 aromatic rings. The average Bonchev–Trinajstić information content (AvgIpc) is 1.82. The Morgan fingerprint density at radius 3 is 2.46 bits per heavy atom. The van der Waals surface area contributed by atoms with Gasteiger partial charge in [0.25, 0.3) is 0 Å². The largest absolute Gasteiger partial charge is 0.397 e. The second-order valence-electron chi connectivity index (χ2n) is 3.25. The van der Waals surface area contributed by atoms with Gasteiger partial charge in [0, 0.05) is 6.04 Å². The highest BCUT2D eigenvalue weighted by Gasteiger charge is 2.31. The van der Waals surface area contributed by atoms with Crippen LogP contribution in [0.1, 0.15) is 20.3 Å². The Balaban J connectivity index is 4.47. The van der Waals surface area contributed by atoms with Crippen LogP contribution in [0, 0.1) is 0 Å². The lowest BCUT2D eigenvalue weighted by Gasteiger charge is -2.28. The Hall–Kier alpha value is -0.430. The van der Waals surface area contributed by atoms with Gasteiger partial charge in [-0.1, -0.05) is 6.08 Å². The fourth-order valence-corrected chi connectivity index (χ4v) is 1.46. The summed E-state index contributed by atoms with van der Waals surface area (Å²) in [6.07, 6.45) is 1.96. The first-order valence-electron chi connectivity index (χ1n) is 3.73. The zero-order valence-corrected chi connectivity index (χ0v) is 8.54. The molecule has 1 unspecified atom stereocenters. The molecule has 0 saturated carbocycles. The first kappa shape index (κ1) is 12.6. The van der Waals surface area contributed by atoms with Crippen molar-refractivity contribution in [3.05, 3.63) is 12.7 Å². The molecule has 6 heteroatoms. The summed E-state index contributed by atoms with van der Waals surface area (Å²) in [4.78, 5) is 0. The number of hydrogen-bond acceptors (Lipinski definition) is 4. The minimum Gasteiger partial charge on any atom is -0.325 e. The SMILES string of the molecule is C=CCC(N)C(C)(C)OS(=O)(=O)O. The van der Waals surface area contributed by atoms with Crippen molar-refractivity contribution < 1.29 is 17.2 Å². The molecule has 3 N–H and O–H groups in total. The maximum atomic E-state index is 10.4. The first-order chi connectivity index (χ1) is 5.69. The third kappa shape index (κ3) is 4.99. The van der Waals surface area contributed by atoms with Gasteiger partial charge in [-0.05, 0) is 20.3 Å². The van der Waals surface area contributed by atoms with Gasteiger partial charge in [-0.15, -0.1) is 6.58 Å². The second-order valence-corrected chi connectivity index (χ2v) is 4.27. The van der Waals surface area contributed by atoms with Gasteiger partial charge in [-0.25, -0.2) is 4.18 Å². The van der Waals surface area contributed by atoms with E-state index < -0.39 is 22.0 Å². The summed E-state index contributed by atoms with van der Waals surface area (Å²) < 4.78 is 33.6. The van der Waals surface area contributed by atoms with E-state index in [-0.39, 0.29) is 0 Å². The molecule has 0 amide bonds. The molecule has 0 aliphatic heterocycles. The Kier molecular flexibility index (Phi) is 4.05. The molecule has 0 heterocycles. The lowest BCUT2D eigenvalue weighted by Crippen LogP contribution is -2.46. The summed E-state index contributed by atoms with van der Waals surface area (Å²) in [5.74, 6) is 0. The molecule has 0 radical (unpaired) electrons. The third-order valence-electron chi connectivity index (χ3n) is 1.63. The normalized spacial score (nSPS) is 15.4. The van der Waals surface area contributed by atoms with Crippen molar-refractivity contribution in [1.29, 1.82) is 0 Å². The van der Waals surface area contributed by atoms with Crippen LogP contribution in [-0.2, 0) is 14.6 Å². The van der Waals surface area contributed by atoms with E-state index in [2.05, 4.69) is 10.8 Å². The van der Waals surface area contributed by atoms with Gasteiger partial charge < -0.3 is 5.73 Å². The maximum absolute atomic E-state index is 10.4. The van der Waals surface area contributed by atoms with Crippen LogP contribution in [0.15, 0.2) is 12.7 Å². The van der Waals surface area contributed by atoms with Gasteiger partial charge in [-0.2, -0.15) is 8.42 Å². The summed E-state index contributed by atoms with van der Waals surface area (Å²) in [6.45, 7) is 6.43. The lowest BCUT2D eigenvalue weighted by atomic mass is 9.97. The highest BCUT2D eigenvalue weighted by molar-refractivity contribution is 7.80. The van der Waals surface area contributed by atoms with Gasteiger partial charge in [0.15, 0.2) is 0 Å². The molecule has 0 fully saturated rings. The van der Waals surface area contributed by atoms with Gasteiger partial charge >= 0.3 is 10.4 Å². The van der Waals surface area contributed by atoms with Crippen molar-refractivity contribution in [2.24, 2.45) is 5.73 Å². The Morgan fingerprint density at radius 2 is 2.15 bits per heavy atom. The second kappa shape index (κ2) is 4.19. The molecule has 5 nitrogen and oxygen atoms in total. The van der Waals surface area contributed by atoms with Crippen LogP contribution in [0.25, 0.3) is 0 Å². The van der Waals surface area contributed by atoms with E-state index in [0.29, 0.717) is 6.42 Å². The molecule has 0 aliphatic rings. The Labute approximate surface area is 78.5 Å². The zero-order valence-electron chi connectivity index (χ0n) is 7.73. The standard InChI is InChI=1S/C7H15NO4S/c1-4-5-6(8)7(2,3)12-13(9,10)11/h4,6H,1,5,8H2,2-3H3,(H,9,10,11). The van der Waals surface area contributed by atoms with E-state index in [1.807, 2.05) is 0 Å². The first-order valence-corrected chi connectivity index (χ1v) is 5.10. The molecule has 0 aromatic heterocycles. The van der Waals surface area contributed by atoms with Crippen molar-refractivity contribution in [2.45, 2.75) is 31.9 Å². The highest BCUT2D eigenvalue weighted by Crippen LogP contribution is 2.18. The fraction of sp³-hybridized carbons (Fsp3) is 0.714. The molecule has 13 heavy (non-hydrogen) atoms. The van der Waals surface area contributed by atoms with E-state index in [1.165, 1.54) is 13.8 Å². The van der Waals surface area contributed by atoms with Crippen LogP contribution in [0.4, 0.5) is 0 Å². The molecule has 0 aliphatic carbocycles. The fourth-order valence-electron chi connectivity index (χ4n) is 0.797. The molecule has 78 valence electrons. The summed E-state index contributed by atoms with van der Waals surface area (Å²) in [5.41, 5.74) is 4.46. The minimum absolute atomic E-state index is 0.405. The van der Waals surface area contributed by atoms with Gasteiger partial charge in [-0.3, -0.25) is 4.55 Å². The van der Waals surface area contributed by atoms with Crippen LogP contribution in [0.2, 0.25) is 0 Å². The van der Waals surface area contributed by atoms with Crippen molar-refractivity contribution in [2.75, 3.05) is 0 Å². The molecule has 0 aromatic carbocycles. The number of hydrogen-bond donors (Lipinski definition) is 2. The molecular weight excluding hydrogens is 194 g/mol. The molecule has 1 atom stereocenters. The monoisotopic (exact) mass is 209 g/mol. The number of nitrogens with two attached hydrogens (primary N) is 1. The predicted octanol–water partition coefficient (Wildman–Crippen LogP) is 0.488. The Bertz CT molecular complexity index is 270. The quantitative estimate of drug-likeness (QED) is 0.508. The van der Waals surface area contributed by atoms with E-state index in [0.717, 1.165) is 0 Å². The van der Waals surface area contributed by atoms with E-state index in [4.69, 9.17) is 10.3 Å². The molecule has 0 saturated heterocycles. The van der Waals surface area contributed by atoms with Crippen molar-refractivity contribution in [3.63, 3.8) is 0 Å². The summed E-state index contributed by atoms with van der Waals surface area (Å²) in [5, 5.41) is 0.